The second-order valence-corrected chi connectivity index (χ2v) is 6.76. The Morgan fingerprint density at radius 1 is 1.03 bits per heavy atom. The summed E-state index contributed by atoms with van der Waals surface area (Å²) in [7, 11) is 7.91. The van der Waals surface area contributed by atoms with E-state index in [0.29, 0.717) is 12.0 Å². The third-order valence-corrected chi connectivity index (χ3v) is 3.93. The number of pyridine rings is 2. The summed E-state index contributed by atoms with van der Waals surface area (Å²) in [4.78, 5) is 12.3. The molecule has 2 heterocycles. The van der Waals surface area contributed by atoms with Crippen LogP contribution in [0.3, 0.4) is 0 Å². The summed E-state index contributed by atoms with van der Waals surface area (Å²) < 4.78 is 4.01. The fourth-order valence-corrected chi connectivity index (χ4v) is 2.11. The van der Waals surface area contributed by atoms with Gasteiger partial charge in [-0.25, -0.2) is 13.9 Å². The van der Waals surface area contributed by atoms with Crippen molar-refractivity contribution in [1.29, 1.82) is 0 Å². The van der Waals surface area contributed by atoms with Crippen molar-refractivity contribution in [2.45, 2.75) is 12.8 Å². The van der Waals surface area contributed by atoms with Crippen LogP contribution < -0.4 is 33.9 Å². The second-order valence-electron chi connectivity index (χ2n) is 6.76. The smallest absolute Gasteiger partial charge is 0.330 e. The minimum Gasteiger partial charge on any atom is -1.00 e. The van der Waals surface area contributed by atoms with Crippen molar-refractivity contribution in [3.05, 3.63) is 85.5 Å². The Bertz CT molecular complexity index is 792. The molecule has 0 unspecified atom stereocenters. The number of carboxylic acid groups (broad SMARTS) is 1. The monoisotopic (exact) mass is 467 g/mol. The van der Waals surface area contributed by atoms with Gasteiger partial charge in [0, 0.05) is 35.9 Å². The Balaban J connectivity index is -0.000000369. The number of aliphatic carboxylic acids is 1. The fourth-order valence-electron chi connectivity index (χ4n) is 2.11. The van der Waals surface area contributed by atoms with Crippen molar-refractivity contribution in [3.8, 4) is 0 Å². The van der Waals surface area contributed by atoms with Gasteiger partial charge in [-0.05, 0) is 45.1 Å². The molecule has 0 saturated carbocycles. The Kier molecular flexibility index (Phi) is 20.9. The van der Waals surface area contributed by atoms with Crippen LogP contribution in [0.25, 0.3) is 12.2 Å². The summed E-state index contributed by atoms with van der Waals surface area (Å²) in [6.07, 6.45) is 11.1. The molecule has 2 rings (SSSR count). The van der Waals surface area contributed by atoms with Crippen molar-refractivity contribution in [2.24, 2.45) is 14.1 Å². The maximum absolute atomic E-state index is 10.3. The first-order chi connectivity index (χ1) is 13.7. The van der Waals surface area contributed by atoms with Gasteiger partial charge in [-0.2, -0.15) is 0 Å². The Morgan fingerprint density at radius 3 is 2.00 bits per heavy atom. The van der Waals surface area contributed by atoms with Crippen LogP contribution in [0.5, 0.6) is 0 Å². The van der Waals surface area contributed by atoms with E-state index < -0.39 is 5.97 Å². The summed E-state index contributed by atoms with van der Waals surface area (Å²) in [6.45, 7) is 11.7. The number of aromatic nitrogens is 2. The van der Waals surface area contributed by atoms with Gasteiger partial charge in [-0.15, -0.1) is 0 Å². The summed E-state index contributed by atoms with van der Waals surface area (Å²) in [5, 5.41) is 8.43. The molecule has 2 aromatic rings. The van der Waals surface area contributed by atoms with Crippen molar-refractivity contribution in [3.63, 3.8) is 0 Å². The molecule has 0 aliphatic heterocycles. The van der Waals surface area contributed by atoms with E-state index in [-0.39, 0.29) is 24.8 Å². The highest BCUT2D eigenvalue weighted by molar-refractivity contribution is 5.85. The van der Waals surface area contributed by atoms with Crippen LogP contribution >= 0.6 is 0 Å². The summed E-state index contributed by atoms with van der Waals surface area (Å²) in [5.41, 5.74) is 2.59. The molecule has 0 aliphatic carbocycles. The molecular formula is C24H35Cl2N3O2. The van der Waals surface area contributed by atoms with Crippen LogP contribution in [-0.2, 0) is 18.9 Å². The van der Waals surface area contributed by atoms with E-state index >= 15 is 0 Å². The quantitative estimate of drug-likeness (QED) is 0.355. The highest BCUT2D eigenvalue weighted by atomic mass is 35.5. The van der Waals surface area contributed by atoms with Gasteiger partial charge in [-0.1, -0.05) is 25.8 Å². The number of hydrogen-bond donors (Lipinski definition) is 1. The molecule has 7 heteroatoms. The van der Waals surface area contributed by atoms with Crippen LogP contribution in [0.4, 0.5) is 0 Å². The van der Waals surface area contributed by atoms with Crippen molar-refractivity contribution >= 4 is 18.1 Å². The molecular weight excluding hydrogens is 433 g/mol. The van der Waals surface area contributed by atoms with E-state index in [1.54, 1.807) is 0 Å². The average Bonchev–Trinajstić information content (AvgIpc) is 2.69. The number of halogens is 2. The van der Waals surface area contributed by atoms with Gasteiger partial charge in [0.25, 0.3) is 0 Å². The molecule has 1 N–H and O–H groups in total. The molecule has 0 radical (unpaired) electrons. The molecule has 0 fully saturated rings. The maximum Gasteiger partial charge on any atom is 0.330 e. The minimum atomic E-state index is -0.885. The van der Waals surface area contributed by atoms with E-state index in [0.717, 1.165) is 24.2 Å². The van der Waals surface area contributed by atoms with Crippen LogP contribution in [-0.4, -0.2) is 36.6 Å². The highest BCUT2D eigenvalue weighted by Gasteiger charge is 2.02. The molecule has 31 heavy (non-hydrogen) atoms. The molecule has 0 spiro atoms. The molecule has 172 valence electrons. The zero-order chi connectivity index (χ0) is 22.2. The lowest BCUT2D eigenvalue weighted by Gasteiger charge is -2.08. The first kappa shape index (κ1) is 33.2. The van der Waals surface area contributed by atoms with E-state index in [9.17, 15) is 4.79 Å². The van der Waals surface area contributed by atoms with Gasteiger partial charge in [0.1, 0.15) is 14.1 Å². The SMILES string of the molecule is C=C(CCCN(C)C)C(=O)O.C=Cc1cc[n+](C)cc1.C=Cc1cccc[n+]1C.[Cl-].[Cl-]. The number of rotatable bonds is 7. The Morgan fingerprint density at radius 2 is 1.61 bits per heavy atom. The van der Waals surface area contributed by atoms with Crippen molar-refractivity contribution in [2.75, 3.05) is 20.6 Å². The predicted molar refractivity (Wildman–Crippen MR) is 120 cm³/mol. The number of aryl methyl sites for hydroxylation is 2. The van der Waals surface area contributed by atoms with Gasteiger partial charge in [0.05, 0.1) is 0 Å². The van der Waals surface area contributed by atoms with Crippen molar-refractivity contribution < 1.29 is 43.8 Å². The predicted octanol–water partition coefficient (Wildman–Crippen LogP) is -2.71. The molecule has 0 aliphatic rings. The average molecular weight is 468 g/mol. The molecule has 2 aromatic heterocycles. The lowest BCUT2D eigenvalue weighted by molar-refractivity contribution is -0.673. The van der Waals surface area contributed by atoms with Crippen LogP contribution in [0.15, 0.2) is 74.2 Å². The minimum absolute atomic E-state index is 0. The largest absolute Gasteiger partial charge is 1.00 e. The van der Waals surface area contributed by atoms with E-state index in [1.165, 1.54) is 0 Å². The maximum atomic E-state index is 10.3. The van der Waals surface area contributed by atoms with E-state index in [4.69, 9.17) is 5.11 Å². The summed E-state index contributed by atoms with van der Waals surface area (Å²) in [6, 6.07) is 10.1. The summed E-state index contributed by atoms with van der Waals surface area (Å²) >= 11 is 0. The van der Waals surface area contributed by atoms with Crippen LogP contribution in [0.2, 0.25) is 0 Å². The molecule has 0 amide bonds. The zero-order valence-corrected chi connectivity index (χ0v) is 20.5. The van der Waals surface area contributed by atoms with Gasteiger partial charge >= 0.3 is 5.97 Å². The molecule has 0 atom stereocenters. The van der Waals surface area contributed by atoms with E-state index in [1.807, 2.05) is 103 Å². The molecule has 5 nitrogen and oxygen atoms in total. The van der Waals surface area contributed by atoms with Crippen LogP contribution in [0.1, 0.15) is 24.1 Å². The zero-order valence-electron chi connectivity index (χ0n) is 19.0. The number of carbonyl (C=O) groups is 1. The van der Waals surface area contributed by atoms with Gasteiger partial charge in [0.2, 0.25) is 5.69 Å². The Hall–Kier alpha value is -2.47. The van der Waals surface area contributed by atoms with Crippen LogP contribution in [0, 0.1) is 0 Å². The first-order valence-electron chi connectivity index (χ1n) is 9.41. The second kappa shape index (κ2) is 19.5. The highest BCUT2D eigenvalue weighted by Crippen LogP contribution is 2.02. The standard InChI is InChI=1S/C8H15NO2.2C8H10N.2ClH/c1-7(8(10)11)5-4-6-9(2)3;1-3-8-4-6-9(2)7-5-8;1-3-8-6-4-5-7-9(8)2;;/h1,4-6H2,2-3H3,(H,10,11);2*3-7H,1H2,2H3;2*1H/q;2*+1;;/p-2. The topological polar surface area (TPSA) is 48.3 Å². The lowest BCUT2D eigenvalue weighted by atomic mass is 10.1. The van der Waals surface area contributed by atoms with Crippen molar-refractivity contribution in [1.82, 2.24) is 4.90 Å². The third kappa shape index (κ3) is 17.0. The molecule has 0 aromatic carbocycles. The number of nitrogens with zero attached hydrogens (tertiary/aromatic N) is 3. The van der Waals surface area contributed by atoms with E-state index in [2.05, 4.69) is 19.7 Å². The first-order valence-corrected chi connectivity index (χ1v) is 9.41. The fraction of sp³-hybridized carbons (Fsp3) is 0.292. The van der Waals surface area contributed by atoms with Gasteiger partial charge < -0.3 is 34.8 Å². The number of hydrogen-bond acceptors (Lipinski definition) is 2. The Labute approximate surface area is 199 Å². The lowest BCUT2D eigenvalue weighted by Crippen LogP contribution is -3.00. The normalized spacial score (nSPS) is 8.81. The molecule has 0 saturated heterocycles. The third-order valence-electron chi connectivity index (χ3n) is 3.93. The summed E-state index contributed by atoms with van der Waals surface area (Å²) in [5.74, 6) is -0.885. The van der Waals surface area contributed by atoms with Gasteiger partial charge in [0.15, 0.2) is 18.6 Å². The number of carboxylic acids is 1. The van der Waals surface area contributed by atoms with Gasteiger partial charge in [-0.3, -0.25) is 0 Å². The molecule has 0 bridgehead atoms.